The Balaban J connectivity index is 1.63. The van der Waals surface area contributed by atoms with Gasteiger partial charge in [0.05, 0.1) is 42.1 Å². The lowest BCUT2D eigenvalue weighted by Crippen LogP contribution is -2.53. The SMILES string of the molecule is CC1(Nc2nccc(-c3ccn(C(CO)c4ccc(Cl)c(F)c4)c(=O)c3)n2)COC1. The molecule has 1 aromatic carbocycles. The summed E-state index contributed by atoms with van der Waals surface area (Å²) in [5.74, 6) is -0.156. The largest absolute Gasteiger partial charge is 0.394 e. The monoisotopic (exact) mass is 430 g/mol. The van der Waals surface area contributed by atoms with Crippen molar-refractivity contribution in [1.82, 2.24) is 14.5 Å². The molecule has 0 spiro atoms. The number of aliphatic hydroxyl groups is 1. The zero-order valence-electron chi connectivity index (χ0n) is 16.2. The summed E-state index contributed by atoms with van der Waals surface area (Å²) in [4.78, 5) is 21.5. The molecule has 1 atom stereocenters. The summed E-state index contributed by atoms with van der Waals surface area (Å²) in [5, 5.41) is 13.0. The summed E-state index contributed by atoms with van der Waals surface area (Å²) in [7, 11) is 0. The molecule has 0 bridgehead atoms. The van der Waals surface area contributed by atoms with E-state index in [-0.39, 0.29) is 22.7 Å². The van der Waals surface area contributed by atoms with Gasteiger partial charge < -0.3 is 19.7 Å². The molecule has 1 unspecified atom stereocenters. The van der Waals surface area contributed by atoms with Gasteiger partial charge in [-0.3, -0.25) is 4.79 Å². The van der Waals surface area contributed by atoms with Crippen molar-refractivity contribution in [3.8, 4) is 11.3 Å². The Labute approximate surface area is 177 Å². The summed E-state index contributed by atoms with van der Waals surface area (Å²) in [5.41, 5.74) is 1.08. The van der Waals surface area contributed by atoms with Crippen molar-refractivity contribution in [3.63, 3.8) is 0 Å². The maximum absolute atomic E-state index is 13.8. The third-order valence-electron chi connectivity index (χ3n) is 4.99. The number of hydrogen-bond donors (Lipinski definition) is 2. The molecular formula is C21H20ClFN4O3. The number of anilines is 1. The van der Waals surface area contributed by atoms with Crippen LogP contribution in [0.3, 0.4) is 0 Å². The summed E-state index contributed by atoms with van der Waals surface area (Å²) in [6.07, 6.45) is 3.17. The first-order valence-electron chi connectivity index (χ1n) is 9.36. The van der Waals surface area contributed by atoms with Gasteiger partial charge in [-0.05, 0) is 36.8 Å². The molecule has 9 heteroatoms. The Morgan fingerprint density at radius 1 is 1.33 bits per heavy atom. The summed E-state index contributed by atoms with van der Waals surface area (Å²) in [6, 6.07) is 8.32. The quantitative estimate of drug-likeness (QED) is 0.625. The van der Waals surface area contributed by atoms with Gasteiger partial charge in [-0.15, -0.1) is 0 Å². The number of aliphatic hydroxyl groups excluding tert-OH is 1. The Bertz CT molecular complexity index is 1130. The lowest BCUT2D eigenvalue weighted by atomic mass is 10.0. The van der Waals surface area contributed by atoms with E-state index in [0.717, 1.165) is 0 Å². The van der Waals surface area contributed by atoms with Crippen LogP contribution in [0.1, 0.15) is 18.5 Å². The van der Waals surface area contributed by atoms with Gasteiger partial charge in [0, 0.05) is 24.0 Å². The molecule has 0 radical (unpaired) electrons. The maximum Gasteiger partial charge on any atom is 0.251 e. The summed E-state index contributed by atoms with van der Waals surface area (Å²) in [6.45, 7) is 2.79. The average Bonchev–Trinajstić information content (AvgIpc) is 2.71. The van der Waals surface area contributed by atoms with Crippen LogP contribution >= 0.6 is 11.6 Å². The Hall–Kier alpha value is -2.81. The highest BCUT2D eigenvalue weighted by Crippen LogP contribution is 2.24. The number of halogens is 2. The molecule has 1 aliphatic heterocycles. The standard InChI is InChI=1S/C21H20ClFN4O3/c1-21(11-30-12-21)26-20-24-6-4-17(25-20)13-5-7-27(19(29)9-13)18(10-28)14-2-3-15(22)16(23)8-14/h2-9,18,28H,10-12H2,1H3,(H,24,25,26). The molecule has 1 saturated heterocycles. The van der Waals surface area contributed by atoms with Crippen LogP contribution in [-0.4, -0.2) is 45.0 Å². The van der Waals surface area contributed by atoms with E-state index < -0.39 is 11.9 Å². The highest BCUT2D eigenvalue weighted by atomic mass is 35.5. The fraction of sp³-hybridized carbons (Fsp3) is 0.286. The van der Waals surface area contributed by atoms with Crippen molar-refractivity contribution >= 4 is 17.5 Å². The molecule has 3 aromatic rings. The highest BCUT2D eigenvalue weighted by Gasteiger charge is 2.33. The minimum absolute atomic E-state index is 0.0198. The number of nitrogens with one attached hydrogen (secondary N) is 1. The first-order valence-corrected chi connectivity index (χ1v) is 9.74. The smallest absolute Gasteiger partial charge is 0.251 e. The van der Waals surface area contributed by atoms with Gasteiger partial charge >= 0.3 is 0 Å². The second-order valence-electron chi connectivity index (χ2n) is 7.48. The van der Waals surface area contributed by atoms with Crippen molar-refractivity contribution in [2.45, 2.75) is 18.5 Å². The maximum atomic E-state index is 13.8. The molecule has 7 nitrogen and oxygen atoms in total. The Kier molecular flexibility index (Phi) is 5.55. The van der Waals surface area contributed by atoms with Crippen LogP contribution in [0.25, 0.3) is 11.3 Å². The molecule has 4 rings (SSSR count). The number of ether oxygens (including phenoxy) is 1. The van der Waals surface area contributed by atoms with Crippen LogP contribution in [-0.2, 0) is 4.74 Å². The summed E-state index contributed by atoms with van der Waals surface area (Å²) < 4.78 is 20.4. The van der Waals surface area contributed by atoms with Gasteiger partial charge in [0.25, 0.3) is 5.56 Å². The zero-order chi connectivity index (χ0) is 21.3. The number of aromatic nitrogens is 3. The second kappa shape index (κ2) is 8.14. The van der Waals surface area contributed by atoms with Gasteiger partial charge in [0.1, 0.15) is 5.82 Å². The predicted molar refractivity (Wildman–Crippen MR) is 111 cm³/mol. The van der Waals surface area contributed by atoms with Crippen LogP contribution in [0.15, 0.2) is 53.6 Å². The minimum atomic E-state index is -0.737. The van der Waals surface area contributed by atoms with Crippen LogP contribution in [0.4, 0.5) is 10.3 Å². The van der Waals surface area contributed by atoms with Gasteiger partial charge in [0.15, 0.2) is 0 Å². The number of pyridine rings is 1. The Morgan fingerprint density at radius 2 is 2.13 bits per heavy atom. The van der Waals surface area contributed by atoms with Crippen molar-refractivity contribution < 1.29 is 14.2 Å². The van der Waals surface area contributed by atoms with E-state index in [2.05, 4.69) is 15.3 Å². The first-order chi connectivity index (χ1) is 14.4. The molecule has 1 fully saturated rings. The van der Waals surface area contributed by atoms with Crippen molar-refractivity contribution in [1.29, 1.82) is 0 Å². The van der Waals surface area contributed by atoms with Gasteiger partial charge in [-0.1, -0.05) is 17.7 Å². The first kappa shape index (κ1) is 20.5. The zero-order valence-corrected chi connectivity index (χ0v) is 16.9. The number of benzene rings is 1. The van der Waals surface area contributed by atoms with E-state index in [9.17, 15) is 14.3 Å². The third-order valence-corrected chi connectivity index (χ3v) is 5.30. The van der Waals surface area contributed by atoms with E-state index in [1.54, 1.807) is 30.6 Å². The topological polar surface area (TPSA) is 89.3 Å². The molecule has 1 aliphatic rings. The molecule has 0 saturated carbocycles. The summed E-state index contributed by atoms with van der Waals surface area (Å²) >= 11 is 5.73. The van der Waals surface area contributed by atoms with Crippen LogP contribution < -0.4 is 10.9 Å². The van der Waals surface area contributed by atoms with E-state index >= 15 is 0 Å². The second-order valence-corrected chi connectivity index (χ2v) is 7.88. The molecule has 0 aliphatic carbocycles. The predicted octanol–water partition coefficient (Wildman–Crippen LogP) is 2.88. The van der Waals surface area contributed by atoms with E-state index in [1.165, 1.54) is 22.8 Å². The van der Waals surface area contributed by atoms with Crippen LogP contribution in [0.5, 0.6) is 0 Å². The van der Waals surface area contributed by atoms with Crippen molar-refractivity contribution in [2.24, 2.45) is 0 Å². The number of rotatable bonds is 6. The third kappa shape index (κ3) is 4.07. The number of hydrogen-bond acceptors (Lipinski definition) is 6. The molecular weight excluding hydrogens is 411 g/mol. The van der Waals surface area contributed by atoms with E-state index in [1.807, 2.05) is 6.92 Å². The van der Waals surface area contributed by atoms with Gasteiger partial charge in [-0.2, -0.15) is 0 Å². The fourth-order valence-corrected chi connectivity index (χ4v) is 3.43. The Morgan fingerprint density at radius 3 is 2.77 bits per heavy atom. The van der Waals surface area contributed by atoms with Crippen LogP contribution in [0.2, 0.25) is 5.02 Å². The molecule has 0 amide bonds. The van der Waals surface area contributed by atoms with E-state index in [4.69, 9.17) is 16.3 Å². The van der Waals surface area contributed by atoms with Gasteiger partial charge in [0.2, 0.25) is 5.95 Å². The fourth-order valence-electron chi connectivity index (χ4n) is 3.31. The lowest BCUT2D eigenvalue weighted by Gasteiger charge is -2.38. The lowest BCUT2D eigenvalue weighted by molar-refractivity contribution is -0.0322. The molecule has 3 heterocycles. The molecule has 156 valence electrons. The number of nitrogens with zero attached hydrogens (tertiary/aromatic N) is 3. The minimum Gasteiger partial charge on any atom is -0.394 e. The van der Waals surface area contributed by atoms with Crippen molar-refractivity contribution in [2.75, 3.05) is 25.1 Å². The van der Waals surface area contributed by atoms with Crippen LogP contribution in [0, 0.1) is 5.82 Å². The van der Waals surface area contributed by atoms with Gasteiger partial charge in [-0.25, -0.2) is 14.4 Å². The average molecular weight is 431 g/mol. The molecule has 30 heavy (non-hydrogen) atoms. The van der Waals surface area contributed by atoms with Crippen molar-refractivity contribution in [3.05, 3.63) is 75.5 Å². The highest BCUT2D eigenvalue weighted by molar-refractivity contribution is 6.30. The molecule has 2 N–H and O–H groups in total. The normalized spacial score (nSPS) is 16.0. The van der Waals surface area contributed by atoms with E-state index in [0.29, 0.717) is 36.0 Å². The molecule has 2 aromatic heterocycles.